The van der Waals surface area contributed by atoms with E-state index >= 15 is 0 Å². The first-order valence-electron chi connectivity index (χ1n) is 12.9. The number of benzene rings is 1. The van der Waals surface area contributed by atoms with Crippen LogP contribution in [0.5, 0.6) is 11.5 Å². The lowest BCUT2D eigenvalue weighted by molar-refractivity contribution is -0.126. The zero-order chi connectivity index (χ0) is 26.9. The molecule has 1 N–H and O–H groups in total. The fourth-order valence-corrected chi connectivity index (χ4v) is 7.49. The number of piperidine rings is 1. The van der Waals surface area contributed by atoms with Crippen molar-refractivity contribution in [1.29, 1.82) is 5.26 Å². The molecule has 0 saturated carbocycles. The number of hydrogen-bond donors (Lipinski definition) is 1. The van der Waals surface area contributed by atoms with Crippen LogP contribution < -0.4 is 9.47 Å². The van der Waals surface area contributed by atoms with Crippen LogP contribution in [0.3, 0.4) is 0 Å². The predicted octanol–water partition coefficient (Wildman–Crippen LogP) is 1.96. The Hall–Kier alpha value is -3.10. The van der Waals surface area contributed by atoms with Gasteiger partial charge in [-0.2, -0.15) is 5.26 Å². The molecule has 0 aromatic heterocycles. The van der Waals surface area contributed by atoms with Gasteiger partial charge in [-0.25, -0.2) is 0 Å². The highest BCUT2D eigenvalue weighted by atomic mass is 16.7. The number of piperazine rings is 1. The number of ketones is 1. The van der Waals surface area contributed by atoms with Crippen LogP contribution in [0.1, 0.15) is 36.1 Å². The summed E-state index contributed by atoms with van der Waals surface area (Å²) >= 11 is 0. The summed E-state index contributed by atoms with van der Waals surface area (Å²) in [5.41, 5.74) is 4.31. The fraction of sp³-hybridized carbons (Fsp3) is 0.571. The van der Waals surface area contributed by atoms with Crippen molar-refractivity contribution in [3.8, 4) is 17.6 Å². The number of aliphatic hydroxyl groups is 1. The largest absolute Gasteiger partial charge is 0.493 e. The molecule has 202 valence electrons. The number of rotatable bonds is 5. The number of likely N-dealkylation sites (N-methyl/N-ethyl adjacent to an activating group) is 1. The molecule has 10 nitrogen and oxygen atoms in total. The Morgan fingerprint density at radius 1 is 1.18 bits per heavy atom. The van der Waals surface area contributed by atoms with Gasteiger partial charge in [-0.05, 0) is 44.9 Å². The van der Waals surface area contributed by atoms with Gasteiger partial charge in [0.2, 0.25) is 6.79 Å². The smallest absolute Gasteiger partial charge is 0.231 e. The molecule has 10 heteroatoms. The molecule has 2 bridgehead atoms. The summed E-state index contributed by atoms with van der Waals surface area (Å²) in [5, 5.41) is 21.3. The van der Waals surface area contributed by atoms with Gasteiger partial charge in [0.25, 0.3) is 0 Å². The van der Waals surface area contributed by atoms with Gasteiger partial charge in [-0.1, -0.05) is 6.07 Å². The summed E-state index contributed by atoms with van der Waals surface area (Å²) < 4.78 is 28.7. The number of carbonyl (C=O) groups is 1. The van der Waals surface area contributed by atoms with E-state index in [0.717, 1.165) is 22.3 Å². The lowest BCUT2D eigenvalue weighted by Gasteiger charge is -2.61. The molecule has 6 atom stereocenters. The quantitative estimate of drug-likeness (QED) is 0.575. The van der Waals surface area contributed by atoms with Crippen LogP contribution in [0, 0.1) is 24.2 Å². The summed E-state index contributed by atoms with van der Waals surface area (Å²) in [4.78, 5) is 18.0. The van der Waals surface area contributed by atoms with Crippen LogP contribution in [0.25, 0.3) is 0 Å². The van der Waals surface area contributed by atoms with E-state index < -0.39 is 18.0 Å². The normalized spacial score (nSPS) is 32.0. The fourth-order valence-electron chi connectivity index (χ4n) is 7.49. The lowest BCUT2D eigenvalue weighted by atomic mass is 9.67. The van der Waals surface area contributed by atoms with Crippen LogP contribution in [-0.4, -0.2) is 86.3 Å². The monoisotopic (exact) mass is 523 g/mol. The standard InChI is InChI=1S/C28H33N3O7/c1-13-6-15-7-17-19(9-29)31-18(23(30(17)3)21(15)27(25(13)35-5)36-11-34-4)8-16-22(20(31)10-32)28-26(37-12-38-28)14(2)24(16)33/h6,16-20,23,32H,7-8,10-12H2,1-5H3/t16?,17-,18-,19-,20-,23-/m0/s1. The number of carbonyl (C=O) groups excluding carboxylic acids is 1. The number of fused-ring (bicyclic) bond motifs is 8. The lowest BCUT2D eigenvalue weighted by Crippen LogP contribution is -2.71. The third-order valence-electron chi connectivity index (χ3n) is 8.97. The number of nitriles is 1. The molecule has 5 aliphatic rings. The van der Waals surface area contributed by atoms with Crippen molar-refractivity contribution >= 4 is 5.78 Å². The molecular weight excluding hydrogens is 490 g/mol. The molecule has 3 fully saturated rings. The highest BCUT2D eigenvalue weighted by molar-refractivity contribution is 6.01. The first-order valence-corrected chi connectivity index (χ1v) is 12.9. The maximum atomic E-state index is 13.7. The van der Waals surface area contributed by atoms with E-state index in [1.165, 1.54) is 0 Å². The maximum absolute atomic E-state index is 13.7. The zero-order valence-corrected chi connectivity index (χ0v) is 22.3. The number of hydrogen-bond acceptors (Lipinski definition) is 10. The summed E-state index contributed by atoms with van der Waals surface area (Å²) in [6, 6.07) is 3.06. The first kappa shape index (κ1) is 25.2. The minimum Gasteiger partial charge on any atom is -0.493 e. The maximum Gasteiger partial charge on any atom is 0.231 e. The summed E-state index contributed by atoms with van der Waals surface area (Å²) in [6.45, 7) is 3.61. The number of aryl methyl sites for hydroxylation is 1. The molecule has 3 saturated heterocycles. The van der Waals surface area contributed by atoms with Crippen LogP contribution in [-0.2, 0) is 25.4 Å². The third-order valence-corrected chi connectivity index (χ3v) is 8.97. The van der Waals surface area contributed by atoms with Gasteiger partial charge in [0.05, 0.1) is 37.8 Å². The Bertz CT molecular complexity index is 1300. The van der Waals surface area contributed by atoms with Crippen molar-refractivity contribution in [2.24, 2.45) is 5.92 Å². The van der Waals surface area contributed by atoms with Gasteiger partial charge in [0, 0.05) is 35.9 Å². The van der Waals surface area contributed by atoms with E-state index in [4.69, 9.17) is 23.7 Å². The molecule has 1 unspecified atom stereocenters. The molecular formula is C28H33N3O7. The molecule has 1 aliphatic carbocycles. The predicted molar refractivity (Wildman–Crippen MR) is 134 cm³/mol. The Morgan fingerprint density at radius 2 is 1.95 bits per heavy atom. The minimum absolute atomic E-state index is 0.0194. The summed E-state index contributed by atoms with van der Waals surface area (Å²) in [6.07, 6.45) is 1.11. The average Bonchev–Trinajstić information content (AvgIpc) is 3.40. The average molecular weight is 524 g/mol. The Kier molecular flexibility index (Phi) is 6.15. The van der Waals surface area contributed by atoms with Crippen LogP contribution >= 0.6 is 0 Å². The van der Waals surface area contributed by atoms with E-state index in [9.17, 15) is 15.2 Å². The first-order chi connectivity index (χ1) is 18.4. The van der Waals surface area contributed by atoms with E-state index in [2.05, 4.69) is 21.9 Å². The van der Waals surface area contributed by atoms with Crippen molar-refractivity contribution < 1.29 is 33.6 Å². The molecule has 38 heavy (non-hydrogen) atoms. The second kappa shape index (κ2) is 9.27. The molecule has 4 aliphatic heterocycles. The van der Waals surface area contributed by atoms with E-state index in [0.29, 0.717) is 41.4 Å². The molecule has 6 rings (SSSR count). The number of allylic oxidation sites excluding steroid dienone is 1. The zero-order valence-electron chi connectivity index (χ0n) is 22.3. The summed E-state index contributed by atoms with van der Waals surface area (Å²) in [7, 11) is 5.24. The van der Waals surface area contributed by atoms with Gasteiger partial charge in [0.1, 0.15) is 6.04 Å². The second-order valence-corrected chi connectivity index (χ2v) is 10.6. The molecule has 0 amide bonds. The topological polar surface area (TPSA) is 114 Å². The van der Waals surface area contributed by atoms with Gasteiger partial charge in [0.15, 0.2) is 35.6 Å². The molecule has 1 aromatic rings. The molecule has 0 radical (unpaired) electrons. The number of nitrogens with zero attached hydrogens (tertiary/aromatic N) is 3. The minimum atomic E-state index is -0.553. The van der Waals surface area contributed by atoms with Crippen molar-refractivity contribution in [1.82, 2.24) is 9.80 Å². The van der Waals surface area contributed by atoms with Crippen molar-refractivity contribution in [3.63, 3.8) is 0 Å². The number of methoxy groups -OCH3 is 2. The molecule has 1 aromatic carbocycles. The number of ether oxygens (including phenoxy) is 5. The van der Waals surface area contributed by atoms with Crippen molar-refractivity contribution in [3.05, 3.63) is 45.4 Å². The van der Waals surface area contributed by atoms with E-state index in [-0.39, 0.29) is 44.1 Å². The van der Waals surface area contributed by atoms with Crippen LogP contribution in [0.2, 0.25) is 0 Å². The van der Waals surface area contributed by atoms with Crippen LogP contribution in [0.15, 0.2) is 28.7 Å². The van der Waals surface area contributed by atoms with Gasteiger partial charge in [-0.15, -0.1) is 0 Å². The Labute approximate surface area is 221 Å². The van der Waals surface area contributed by atoms with E-state index in [1.807, 2.05) is 14.0 Å². The van der Waals surface area contributed by atoms with E-state index in [1.54, 1.807) is 21.1 Å². The van der Waals surface area contributed by atoms with Crippen molar-refractivity contribution in [2.45, 2.75) is 56.9 Å². The Balaban J connectivity index is 1.56. The van der Waals surface area contributed by atoms with Gasteiger partial charge >= 0.3 is 0 Å². The van der Waals surface area contributed by atoms with Gasteiger partial charge in [-0.3, -0.25) is 14.6 Å². The number of Topliss-reactive ketones (excluding diaryl/α,β-unsaturated/α-hetero) is 1. The second-order valence-electron chi connectivity index (χ2n) is 10.6. The Morgan fingerprint density at radius 3 is 2.63 bits per heavy atom. The highest BCUT2D eigenvalue weighted by Crippen LogP contribution is 2.55. The SMILES string of the molecule is COCOc1c(OC)c(C)cc2c1[C@@H]1[C@@H]3CC4C(=O)C(C)=C5OCOC5=C4[C@H](CO)N3[C@@H](C#N)[C@H](C2)N1C. The van der Waals surface area contributed by atoms with Gasteiger partial charge < -0.3 is 28.8 Å². The van der Waals surface area contributed by atoms with Crippen molar-refractivity contribution in [2.75, 3.05) is 41.5 Å². The summed E-state index contributed by atoms with van der Waals surface area (Å²) in [5.74, 6) is 1.79. The van der Waals surface area contributed by atoms with Crippen LogP contribution in [0.4, 0.5) is 0 Å². The molecule has 0 spiro atoms. The highest BCUT2D eigenvalue weighted by Gasteiger charge is 2.59. The number of aliphatic hydroxyl groups excluding tert-OH is 1. The third kappa shape index (κ3) is 3.29. The molecule has 4 heterocycles.